The summed E-state index contributed by atoms with van der Waals surface area (Å²) >= 11 is 0. The molecule has 0 saturated heterocycles. The SMILES string of the molecule is COCc1c(OC)ccc(C(C)N)c1F. The highest BCUT2D eigenvalue weighted by molar-refractivity contribution is 5.39. The van der Waals surface area contributed by atoms with Gasteiger partial charge in [0, 0.05) is 18.7 Å². The van der Waals surface area contributed by atoms with Crippen molar-refractivity contribution in [2.45, 2.75) is 19.6 Å². The van der Waals surface area contributed by atoms with Crippen molar-refractivity contribution in [1.29, 1.82) is 0 Å². The number of hydrogen-bond donors (Lipinski definition) is 1. The van der Waals surface area contributed by atoms with Crippen LogP contribution in [0.4, 0.5) is 4.39 Å². The summed E-state index contributed by atoms with van der Waals surface area (Å²) in [5.41, 5.74) is 6.54. The molecular formula is C11H16FNO2. The number of nitrogens with two attached hydrogens (primary N) is 1. The zero-order chi connectivity index (χ0) is 11.4. The maximum Gasteiger partial charge on any atom is 0.137 e. The number of hydrogen-bond acceptors (Lipinski definition) is 3. The topological polar surface area (TPSA) is 44.5 Å². The molecule has 0 radical (unpaired) electrons. The molecule has 1 atom stereocenters. The molecule has 1 aromatic rings. The van der Waals surface area contributed by atoms with Gasteiger partial charge in [0.05, 0.1) is 19.3 Å². The minimum atomic E-state index is -0.341. The molecule has 0 aliphatic heterocycles. The van der Waals surface area contributed by atoms with Gasteiger partial charge in [0.1, 0.15) is 11.6 Å². The number of rotatable bonds is 4. The summed E-state index contributed by atoms with van der Waals surface area (Å²) < 4.78 is 23.9. The van der Waals surface area contributed by atoms with Crippen LogP contribution in [0.5, 0.6) is 5.75 Å². The molecule has 15 heavy (non-hydrogen) atoms. The van der Waals surface area contributed by atoms with Crippen molar-refractivity contribution in [3.05, 3.63) is 29.1 Å². The fraction of sp³-hybridized carbons (Fsp3) is 0.455. The Balaban J connectivity index is 3.22. The van der Waals surface area contributed by atoms with Crippen LogP contribution < -0.4 is 10.5 Å². The summed E-state index contributed by atoms with van der Waals surface area (Å²) in [5, 5.41) is 0. The highest BCUT2D eigenvalue weighted by Gasteiger charge is 2.15. The molecule has 1 unspecified atom stereocenters. The normalized spacial score (nSPS) is 12.6. The zero-order valence-corrected chi connectivity index (χ0v) is 9.21. The van der Waals surface area contributed by atoms with E-state index in [0.29, 0.717) is 16.9 Å². The molecule has 0 spiro atoms. The molecule has 1 rings (SSSR count). The van der Waals surface area contributed by atoms with Gasteiger partial charge in [0.25, 0.3) is 0 Å². The Morgan fingerprint density at radius 1 is 1.40 bits per heavy atom. The molecule has 0 aliphatic carbocycles. The van der Waals surface area contributed by atoms with E-state index in [1.165, 1.54) is 14.2 Å². The lowest BCUT2D eigenvalue weighted by Crippen LogP contribution is -2.10. The lowest BCUT2D eigenvalue weighted by molar-refractivity contribution is 0.177. The Bertz CT molecular complexity index is 340. The predicted molar refractivity (Wildman–Crippen MR) is 56.3 cm³/mol. The number of ether oxygens (including phenoxy) is 2. The van der Waals surface area contributed by atoms with E-state index in [4.69, 9.17) is 15.2 Å². The summed E-state index contributed by atoms with van der Waals surface area (Å²) in [6, 6.07) is 3.00. The summed E-state index contributed by atoms with van der Waals surface area (Å²) in [5.74, 6) is 0.143. The van der Waals surface area contributed by atoms with E-state index in [9.17, 15) is 4.39 Å². The van der Waals surface area contributed by atoms with Gasteiger partial charge in [-0.2, -0.15) is 0 Å². The van der Waals surface area contributed by atoms with E-state index in [2.05, 4.69) is 0 Å². The van der Waals surface area contributed by atoms with Crippen LogP contribution in [-0.2, 0) is 11.3 Å². The van der Waals surface area contributed by atoms with E-state index in [-0.39, 0.29) is 18.5 Å². The van der Waals surface area contributed by atoms with Gasteiger partial charge in [0.2, 0.25) is 0 Å². The molecule has 0 heterocycles. The van der Waals surface area contributed by atoms with Crippen molar-refractivity contribution >= 4 is 0 Å². The third-order valence-corrected chi connectivity index (χ3v) is 2.23. The first-order chi connectivity index (χ1) is 7.11. The summed E-state index contributed by atoms with van der Waals surface area (Å²) in [4.78, 5) is 0. The number of benzene rings is 1. The van der Waals surface area contributed by atoms with Crippen LogP contribution in [-0.4, -0.2) is 14.2 Å². The monoisotopic (exact) mass is 213 g/mol. The molecule has 1 aromatic carbocycles. The van der Waals surface area contributed by atoms with Crippen molar-refractivity contribution in [3.8, 4) is 5.75 Å². The maximum absolute atomic E-state index is 13.9. The average Bonchev–Trinajstić information content (AvgIpc) is 2.20. The molecule has 0 aromatic heterocycles. The third-order valence-electron chi connectivity index (χ3n) is 2.23. The summed E-state index contributed by atoms with van der Waals surface area (Å²) in [7, 11) is 3.01. The van der Waals surface area contributed by atoms with Crippen LogP contribution >= 0.6 is 0 Å². The van der Waals surface area contributed by atoms with Crippen LogP contribution in [0.25, 0.3) is 0 Å². The molecule has 0 saturated carbocycles. The van der Waals surface area contributed by atoms with Gasteiger partial charge in [0.15, 0.2) is 0 Å². The van der Waals surface area contributed by atoms with Crippen LogP contribution in [0.3, 0.4) is 0 Å². The quantitative estimate of drug-likeness (QED) is 0.832. The fourth-order valence-electron chi connectivity index (χ4n) is 1.44. The van der Waals surface area contributed by atoms with Gasteiger partial charge in [-0.1, -0.05) is 6.07 Å². The maximum atomic E-state index is 13.9. The Morgan fingerprint density at radius 2 is 2.07 bits per heavy atom. The van der Waals surface area contributed by atoms with E-state index in [1.807, 2.05) is 0 Å². The zero-order valence-electron chi connectivity index (χ0n) is 9.21. The van der Waals surface area contributed by atoms with Gasteiger partial charge in [-0.25, -0.2) is 4.39 Å². The first-order valence-electron chi connectivity index (χ1n) is 4.71. The van der Waals surface area contributed by atoms with E-state index in [1.54, 1.807) is 19.1 Å². The highest BCUT2D eigenvalue weighted by Crippen LogP contribution is 2.27. The predicted octanol–water partition coefficient (Wildman–Crippen LogP) is 2.00. The molecular weight excluding hydrogens is 197 g/mol. The smallest absolute Gasteiger partial charge is 0.137 e. The van der Waals surface area contributed by atoms with Crippen molar-refractivity contribution in [3.63, 3.8) is 0 Å². The van der Waals surface area contributed by atoms with E-state index < -0.39 is 0 Å². The Hall–Kier alpha value is -1.13. The lowest BCUT2D eigenvalue weighted by atomic mass is 10.0. The fourth-order valence-corrected chi connectivity index (χ4v) is 1.44. The summed E-state index contributed by atoms with van der Waals surface area (Å²) in [6.45, 7) is 1.91. The van der Waals surface area contributed by atoms with Crippen LogP contribution in [0.15, 0.2) is 12.1 Å². The van der Waals surface area contributed by atoms with Gasteiger partial charge >= 0.3 is 0 Å². The second-order valence-electron chi connectivity index (χ2n) is 3.37. The average molecular weight is 213 g/mol. The van der Waals surface area contributed by atoms with E-state index >= 15 is 0 Å². The standard InChI is InChI=1S/C11H16FNO2/c1-7(13)8-4-5-10(15-3)9(6-14-2)11(8)12/h4-5,7H,6,13H2,1-3H3. The molecule has 84 valence electrons. The number of methoxy groups -OCH3 is 2. The van der Waals surface area contributed by atoms with Gasteiger partial charge in [-0.05, 0) is 13.0 Å². The molecule has 0 amide bonds. The Kier molecular flexibility index (Phi) is 4.05. The van der Waals surface area contributed by atoms with Crippen LogP contribution in [0, 0.1) is 5.82 Å². The highest BCUT2D eigenvalue weighted by atomic mass is 19.1. The Morgan fingerprint density at radius 3 is 2.53 bits per heavy atom. The van der Waals surface area contributed by atoms with Crippen molar-refractivity contribution in [2.24, 2.45) is 5.73 Å². The van der Waals surface area contributed by atoms with Gasteiger partial charge in [-0.3, -0.25) is 0 Å². The first kappa shape index (κ1) is 11.9. The van der Waals surface area contributed by atoms with Crippen LogP contribution in [0.2, 0.25) is 0 Å². The Labute approximate surface area is 89.0 Å². The van der Waals surface area contributed by atoms with Gasteiger partial charge < -0.3 is 15.2 Å². The molecule has 0 bridgehead atoms. The molecule has 3 nitrogen and oxygen atoms in total. The minimum absolute atomic E-state index is 0.176. The molecule has 2 N–H and O–H groups in total. The minimum Gasteiger partial charge on any atom is -0.496 e. The van der Waals surface area contributed by atoms with Crippen molar-refractivity contribution in [2.75, 3.05) is 14.2 Å². The lowest BCUT2D eigenvalue weighted by Gasteiger charge is -2.14. The van der Waals surface area contributed by atoms with Crippen molar-refractivity contribution < 1.29 is 13.9 Å². The first-order valence-corrected chi connectivity index (χ1v) is 4.71. The van der Waals surface area contributed by atoms with Gasteiger partial charge in [-0.15, -0.1) is 0 Å². The largest absolute Gasteiger partial charge is 0.496 e. The summed E-state index contributed by atoms with van der Waals surface area (Å²) in [6.07, 6.45) is 0. The second kappa shape index (κ2) is 5.09. The van der Waals surface area contributed by atoms with E-state index in [0.717, 1.165) is 0 Å². The molecule has 0 fully saturated rings. The molecule has 0 aliphatic rings. The van der Waals surface area contributed by atoms with Crippen LogP contribution in [0.1, 0.15) is 24.1 Å². The third kappa shape index (κ3) is 2.46. The second-order valence-corrected chi connectivity index (χ2v) is 3.37. The number of halogens is 1. The van der Waals surface area contributed by atoms with Crippen molar-refractivity contribution in [1.82, 2.24) is 0 Å². The molecule has 4 heteroatoms.